The van der Waals surface area contributed by atoms with E-state index in [1.54, 1.807) is 19.1 Å². The smallest absolute Gasteiger partial charge is 0.251 e. The first kappa shape index (κ1) is 16.0. The zero-order valence-electron chi connectivity index (χ0n) is 12.4. The zero-order chi connectivity index (χ0) is 15.6. The molecule has 0 spiro atoms. The number of amides is 1. The van der Waals surface area contributed by atoms with Gasteiger partial charge in [-0.05, 0) is 49.3 Å². The molecule has 0 heterocycles. The van der Waals surface area contributed by atoms with Gasteiger partial charge in [0.25, 0.3) is 5.91 Å². The normalized spacial score (nSPS) is 22.2. The average Bonchev–Trinajstić information content (AvgIpc) is 2.81. The minimum absolute atomic E-state index is 0.00430. The fourth-order valence-electron chi connectivity index (χ4n) is 2.90. The molecule has 0 saturated heterocycles. The molecule has 5 nitrogen and oxygen atoms in total. The van der Waals surface area contributed by atoms with Crippen molar-refractivity contribution in [1.29, 1.82) is 0 Å². The number of carbonyl (C=O) groups is 1. The van der Waals surface area contributed by atoms with E-state index in [4.69, 9.17) is 5.14 Å². The molecule has 1 aromatic rings. The molecule has 116 valence electrons. The van der Waals surface area contributed by atoms with Gasteiger partial charge < -0.3 is 5.32 Å². The highest BCUT2D eigenvalue weighted by Crippen LogP contribution is 2.29. The highest BCUT2D eigenvalue weighted by Gasteiger charge is 2.22. The number of sulfonamides is 1. The molecule has 2 unspecified atom stereocenters. The molecule has 6 heteroatoms. The highest BCUT2D eigenvalue weighted by molar-refractivity contribution is 7.89. The van der Waals surface area contributed by atoms with Crippen molar-refractivity contribution in [2.45, 2.75) is 38.0 Å². The zero-order valence-corrected chi connectivity index (χ0v) is 13.2. The molecule has 1 amide bonds. The van der Waals surface area contributed by atoms with Crippen LogP contribution in [0.3, 0.4) is 0 Å². The third-order valence-corrected chi connectivity index (χ3v) is 5.16. The summed E-state index contributed by atoms with van der Waals surface area (Å²) in [6.45, 7) is 4.52. The molecule has 1 saturated carbocycles. The Labute approximate surface area is 126 Å². The second kappa shape index (κ2) is 6.15. The van der Waals surface area contributed by atoms with Gasteiger partial charge in [0.1, 0.15) is 0 Å². The number of nitrogens with two attached hydrogens (primary N) is 1. The summed E-state index contributed by atoms with van der Waals surface area (Å²) in [6.07, 6.45) is 3.48. The van der Waals surface area contributed by atoms with Crippen LogP contribution < -0.4 is 10.5 Å². The lowest BCUT2D eigenvalue weighted by molar-refractivity contribution is 0.0947. The molecule has 21 heavy (non-hydrogen) atoms. The van der Waals surface area contributed by atoms with Crippen molar-refractivity contribution in [2.24, 2.45) is 17.0 Å². The van der Waals surface area contributed by atoms with Crippen LogP contribution in [0.4, 0.5) is 0 Å². The fourth-order valence-corrected chi connectivity index (χ4v) is 3.71. The number of nitrogens with one attached hydrogen (secondary N) is 1. The van der Waals surface area contributed by atoms with Gasteiger partial charge in [0, 0.05) is 12.1 Å². The Hall–Kier alpha value is -1.40. The summed E-state index contributed by atoms with van der Waals surface area (Å²) in [5.74, 6) is 0.992. The summed E-state index contributed by atoms with van der Waals surface area (Å²) in [5.41, 5.74) is 0.870. The number of benzene rings is 1. The summed E-state index contributed by atoms with van der Waals surface area (Å²) in [4.78, 5) is 12.1. The van der Waals surface area contributed by atoms with E-state index in [-0.39, 0.29) is 10.8 Å². The second-order valence-electron chi connectivity index (χ2n) is 6.02. The minimum atomic E-state index is -3.81. The molecule has 0 aliphatic heterocycles. The highest BCUT2D eigenvalue weighted by atomic mass is 32.2. The molecule has 0 bridgehead atoms. The predicted molar refractivity (Wildman–Crippen MR) is 81.4 cm³/mol. The van der Waals surface area contributed by atoms with Gasteiger partial charge in [-0.1, -0.05) is 19.4 Å². The van der Waals surface area contributed by atoms with Crippen LogP contribution in [-0.4, -0.2) is 20.9 Å². The van der Waals surface area contributed by atoms with E-state index in [1.165, 1.54) is 12.5 Å². The Balaban J connectivity index is 2.06. The molecule has 2 atom stereocenters. The Morgan fingerprint density at radius 1 is 1.38 bits per heavy atom. The predicted octanol–water partition coefficient (Wildman–Crippen LogP) is 1.81. The largest absolute Gasteiger partial charge is 0.352 e. The van der Waals surface area contributed by atoms with Gasteiger partial charge in [-0.3, -0.25) is 4.79 Å². The van der Waals surface area contributed by atoms with Crippen LogP contribution in [0.2, 0.25) is 0 Å². The maximum atomic E-state index is 12.1. The lowest BCUT2D eigenvalue weighted by atomic mass is 10.1. The third-order valence-electron chi connectivity index (χ3n) is 4.11. The first-order chi connectivity index (χ1) is 9.77. The summed E-state index contributed by atoms with van der Waals surface area (Å²) in [5, 5.41) is 8.04. The Bertz CT molecular complexity index is 640. The molecule has 1 aliphatic carbocycles. The van der Waals surface area contributed by atoms with E-state index >= 15 is 0 Å². The van der Waals surface area contributed by atoms with Gasteiger partial charge in [0.15, 0.2) is 0 Å². The van der Waals surface area contributed by atoms with E-state index < -0.39 is 10.0 Å². The fraction of sp³-hybridized carbons (Fsp3) is 0.533. The second-order valence-corrected chi connectivity index (χ2v) is 7.55. The molecule has 1 aromatic carbocycles. The van der Waals surface area contributed by atoms with Crippen LogP contribution in [0, 0.1) is 18.8 Å². The monoisotopic (exact) mass is 310 g/mol. The summed E-state index contributed by atoms with van der Waals surface area (Å²) in [6, 6.07) is 4.57. The van der Waals surface area contributed by atoms with Crippen molar-refractivity contribution in [3.8, 4) is 0 Å². The van der Waals surface area contributed by atoms with Gasteiger partial charge in [-0.2, -0.15) is 0 Å². The number of aryl methyl sites for hydroxylation is 1. The average molecular weight is 310 g/mol. The van der Waals surface area contributed by atoms with Gasteiger partial charge >= 0.3 is 0 Å². The van der Waals surface area contributed by atoms with Crippen LogP contribution in [0.5, 0.6) is 0 Å². The number of rotatable bonds is 4. The standard InChI is InChI=1S/C15H22N2O3S/c1-10-3-5-12(7-10)9-17-15(18)13-6-4-11(2)14(8-13)21(16,19)20/h4,6,8,10,12H,3,5,7,9H2,1-2H3,(H,17,18)(H2,16,19,20). The summed E-state index contributed by atoms with van der Waals surface area (Å²) in [7, 11) is -3.81. The molecule has 0 radical (unpaired) electrons. The van der Waals surface area contributed by atoms with Gasteiger partial charge in [-0.15, -0.1) is 0 Å². The number of hydrogen-bond donors (Lipinski definition) is 2. The molecule has 1 fully saturated rings. The molecule has 0 aromatic heterocycles. The van der Waals surface area contributed by atoms with Crippen molar-refractivity contribution in [1.82, 2.24) is 5.32 Å². The van der Waals surface area contributed by atoms with Crippen LogP contribution in [0.1, 0.15) is 42.1 Å². The van der Waals surface area contributed by atoms with Crippen LogP contribution >= 0.6 is 0 Å². The summed E-state index contributed by atoms with van der Waals surface area (Å²) < 4.78 is 23.0. The van der Waals surface area contributed by atoms with E-state index in [9.17, 15) is 13.2 Å². The Kier molecular flexibility index (Phi) is 4.68. The lowest BCUT2D eigenvalue weighted by Gasteiger charge is -2.12. The topological polar surface area (TPSA) is 89.3 Å². The lowest BCUT2D eigenvalue weighted by Crippen LogP contribution is -2.28. The maximum Gasteiger partial charge on any atom is 0.251 e. The molecule has 2 rings (SSSR count). The Morgan fingerprint density at radius 2 is 2.10 bits per heavy atom. The van der Waals surface area contributed by atoms with Crippen LogP contribution in [0.15, 0.2) is 23.1 Å². The number of primary sulfonamides is 1. The van der Waals surface area contributed by atoms with E-state index in [0.717, 1.165) is 18.8 Å². The molecular formula is C15H22N2O3S. The summed E-state index contributed by atoms with van der Waals surface area (Å²) >= 11 is 0. The molecule has 3 N–H and O–H groups in total. The minimum Gasteiger partial charge on any atom is -0.352 e. The van der Waals surface area contributed by atoms with Gasteiger partial charge in [0.05, 0.1) is 4.90 Å². The van der Waals surface area contributed by atoms with E-state index in [2.05, 4.69) is 12.2 Å². The van der Waals surface area contributed by atoms with E-state index in [1.807, 2.05) is 0 Å². The maximum absolute atomic E-state index is 12.1. The van der Waals surface area contributed by atoms with Crippen LogP contribution in [-0.2, 0) is 10.0 Å². The quantitative estimate of drug-likeness (QED) is 0.888. The third kappa shape index (κ3) is 4.04. The first-order valence-electron chi connectivity index (χ1n) is 7.19. The number of hydrogen-bond acceptors (Lipinski definition) is 3. The van der Waals surface area contributed by atoms with E-state index in [0.29, 0.717) is 23.6 Å². The van der Waals surface area contributed by atoms with Crippen molar-refractivity contribution in [2.75, 3.05) is 6.54 Å². The van der Waals surface area contributed by atoms with Crippen molar-refractivity contribution >= 4 is 15.9 Å². The molecule has 1 aliphatic rings. The van der Waals surface area contributed by atoms with Crippen molar-refractivity contribution in [3.63, 3.8) is 0 Å². The van der Waals surface area contributed by atoms with Gasteiger partial charge in [0.2, 0.25) is 10.0 Å². The first-order valence-corrected chi connectivity index (χ1v) is 8.73. The molecular weight excluding hydrogens is 288 g/mol. The van der Waals surface area contributed by atoms with Gasteiger partial charge in [-0.25, -0.2) is 13.6 Å². The number of carbonyl (C=O) groups excluding carboxylic acids is 1. The Morgan fingerprint density at radius 3 is 2.67 bits per heavy atom. The van der Waals surface area contributed by atoms with Crippen molar-refractivity contribution < 1.29 is 13.2 Å². The SMILES string of the molecule is Cc1ccc(C(=O)NCC2CCC(C)C2)cc1S(N)(=O)=O. The van der Waals surface area contributed by atoms with Crippen molar-refractivity contribution in [3.05, 3.63) is 29.3 Å². The van der Waals surface area contributed by atoms with Crippen LogP contribution in [0.25, 0.3) is 0 Å².